The van der Waals surface area contributed by atoms with Gasteiger partial charge in [0.1, 0.15) is 0 Å². The molecule has 0 unspecified atom stereocenters. The standard InChI is InChI=1S/C16H18N2/c1-13(2)16(18-11-10-17-12-18)9-8-15-6-4-14(3)5-7-15/h4-12H,1-3H3/b9-8+. The summed E-state index contributed by atoms with van der Waals surface area (Å²) in [4.78, 5) is 4.09. The SMILES string of the molecule is CC(C)=C(/C=C/c1ccc(C)cc1)n1ccnc1. The Labute approximate surface area is 108 Å². The van der Waals surface area contributed by atoms with Crippen LogP contribution in [0.4, 0.5) is 0 Å². The lowest BCUT2D eigenvalue weighted by molar-refractivity contribution is 1.08. The van der Waals surface area contributed by atoms with Gasteiger partial charge in [-0.2, -0.15) is 0 Å². The maximum Gasteiger partial charge on any atom is 0.0991 e. The Hall–Kier alpha value is -2.09. The number of aryl methyl sites for hydroxylation is 1. The lowest BCUT2D eigenvalue weighted by atomic mass is 10.1. The first-order valence-electron chi connectivity index (χ1n) is 6.07. The van der Waals surface area contributed by atoms with Crippen LogP contribution in [0.2, 0.25) is 0 Å². The van der Waals surface area contributed by atoms with E-state index in [2.05, 4.69) is 62.2 Å². The average Bonchev–Trinajstić information content (AvgIpc) is 2.85. The number of hydrogen-bond donors (Lipinski definition) is 0. The summed E-state index contributed by atoms with van der Waals surface area (Å²) in [6.45, 7) is 6.31. The fraction of sp³-hybridized carbons (Fsp3) is 0.188. The molecule has 18 heavy (non-hydrogen) atoms. The van der Waals surface area contributed by atoms with Crippen molar-refractivity contribution in [3.63, 3.8) is 0 Å². The third-order valence-electron chi connectivity index (χ3n) is 2.81. The minimum Gasteiger partial charge on any atom is -0.306 e. The molecular weight excluding hydrogens is 220 g/mol. The topological polar surface area (TPSA) is 17.8 Å². The molecule has 0 radical (unpaired) electrons. The van der Waals surface area contributed by atoms with Crippen LogP contribution in [0.25, 0.3) is 11.8 Å². The maximum atomic E-state index is 4.09. The van der Waals surface area contributed by atoms with Crippen molar-refractivity contribution >= 4 is 11.8 Å². The van der Waals surface area contributed by atoms with E-state index in [1.165, 1.54) is 16.7 Å². The van der Waals surface area contributed by atoms with Gasteiger partial charge in [-0.1, -0.05) is 41.5 Å². The second kappa shape index (κ2) is 5.50. The molecule has 1 aromatic heterocycles. The zero-order chi connectivity index (χ0) is 13.0. The second-order valence-electron chi connectivity index (χ2n) is 4.60. The largest absolute Gasteiger partial charge is 0.306 e. The summed E-state index contributed by atoms with van der Waals surface area (Å²) in [6.07, 6.45) is 9.83. The van der Waals surface area contributed by atoms with Gasteiger partial charge in [0.2, 0.25) is 0 Å². The van der Waals surface area contributed by atoms with E-state index in [1.807, 2.05) is 17.1 Å². The first-order valence-corrected chi connectivity index (χ1v) is 6.07. The average molecular weight is 238 g/mol. The van der Waals surface area contributed by atoms with Gasteiger partial charge in [-0.15, -0.1) is 0 Å². The molecule has 0 spiro atoms. The Bertz CT molecular complexity index is 554. The van der Waals surface area contributed by atoms with E-state index in [0.29, 0.717) is 0 Å². The van der Waals surface area contributed by atoms with Crippen LogP contribution < -0.4 is 0 Å². The molecule has 0 aliphatic carbocycles. The smallest absolute Gasteiger partial charge is 0.0991 e. The van der Waals surface area contributed by atoms with Gasteiger partial charge in [-0.05, 0) is 32.4 Å². The molecule has 0 aliphatic heterocycles. The molecular formula is C16H18N2. The monoisotopic (exact) mass is 238 g/mol. The molecule has 0 bridgehead atoms. The van der Waals surface area contributed by atoms with E-state index >= 15 is 0 Å². The molecule has 2 aromatic rings. The second-order valence-corrected chi connectivity index (χ2v) is 4.60. The highest BCUT2D eigenvalue weighted by Gasteiger charge is 1.97. The van der Waals surface area contributed by atoms with Crippen LogP contribution in [-0.4, -0.2) is 9.55 Å². The molecule has 0 N–H and O–H groups in total. The highest BCUT2D eigenvalue weighted by Crippen LogP contribution is 2.14. The van der Waals surface area contributed by atoms with Crippen molar-refractivity contribution in [1.29, 1.82) is 0 Å². The van der Waals surface area contributed by atoms with Crippen molar-refractivity contribution in [2.75, 3.05) is 0 Å². The van der Waals surface area contributed by atoms with Crippen LogP contribution in [0.1, 0.15) is 25.0 Å². The summed E-state index contributed by atoms with van der Waals surface area (Å²) in [7, 11) is 0. The van der Waals surface area contributed by atoms with Gasteiger partial charge in [-0.3, -0.25) is 0 Å². The molecule has 0 aliphatic rings. The summed E-state index contributed by atoms with van der Waals surface area (Å²) in [6, 6.07) is 8.50. The number of aromatic nitrogens is 2. The van der Waals surface area contributed by atoms with Crippen molar-refractivity contribution < 1.29 is 0 Å². The number of imidazole rings is 1. The molecule has 0 amide bonds. The van der Waals surface area contributed by atoms with E-state index in [-0.39, 0.29) is 0 Å². The van der Waals surface area contributed by atoms with Gasteiger partial charge in [-0.25, -0.2) is 4.98 Å². The Morgan fingerprint density at radius 2 is 1.89 bits per heavy atom. The van der Waals surface area contributed by atoms with Gasteiger partial charge in [0, 0.05) is 18.1 Å². The Balaban J connectivity index is 2.26. The van der Waals surface area contributed by atoms with E-state index in [9.17, 15) is 0 Å². The molecule has 92 valence electrons. The van der Waals surface area contributed by atoms with Crippen molar-refractivity contribution in [2.45, 2.75) is 20.8 Å². The predicted molar refractivity (Wildman–Crippen MR) is 77.0 cm³/mol. The summed E-state index contributed by atoms with van der Waals surface area (Å²) in [5.74, 6) is 0. The molecule has 0 atom stereocenters. The number of benzene rings is 1. The van der Waals surface area contributed by atoms with Crippen molar-refractivity contribution in [3.8, 4) is 0 Å². The van der Waals surface area contributed by atoms with Gasteiger partial charge < -0.3 is 4.57 Å². The van der Waals surface area contributed by atoms with Gasteiger partial charge in [0.25, 0.3) is 0 Å². The molecule has 2 nitrogen and oxygen atoms in total. The van der Waals surface area contributed by atoms with Crippen LogP contribution in [-0.2, 0) is 0 Å². The molecule has 2 rings (SSSR count). The minimum atomic E-state index is 1.16. The van der Waals surface area contributed by atoms with Gasteiger partial charge in [0.05, 0.1) is 6.33 Å². The van der Waals surface area contributed by atoms with Crippen LogP contribution in [0.3, 0.4) is 0 Å². The van der Waals surface area contributed by atoms with Crippen LogP contribution in [0, 0.1) is 6.92 Å². The first-order chi connectivity index (χ1) is 8.66. The molecule has 0 fully saturated rings. The van der Waals surface area contributed by atoms with Gasteiger partial charge in [0.15, 0.2) is 0 Å². The highest BCUT2D eigenvalue weighted by atomic mass is 15.0. The fourth-order valence-corrected chi connectivity index (χ4v) is 1.77. The van der Waals surface area contributed by atoms with E-state index in [1.54, 1.807) is 6.20 Å². The van der Waals surface area contributed by atoms with E-state index in [4.69, 9.17) is 0 Å². The number of allylic oxidation sites excluding steroid dienone is 3. The predicted octanol–water partition coefficient (Wildman–Crippen LogP) is 4.16. The van der Waals surface area contributed by atoms with Crippen molar-refractivity contribution in [1.82, 2.24) is 9.55 Å². The maximum absolute atomic E-state index is 4.09. The van der Waals surface area contributed by atoms with Crippen molar-refractivity contribution in [2.24, 2.45) is 0 Å². The Morgan fingerprint density at radius 1 is 1.17 bits per heavy atom. The van der Waals surface area contributed by atoms with Crippen LogP contribution in [0.15, 0.2) is 54.6 Å². The van der Waals surface area contributed by atoms with Gasteiger partial charge >= 0.3 is 0 Å². The third-order valence-corrected chi connectivity index (χ3v) is 2.81. The molecule has 0 saturated carbocycles. The normalized spacial score (nSPS) is 10.8. The van der Waals surface area contributed by atoms with E-state index in [0.717, 1.165) is 5.70 Å². The molecule has 1 aromatic carbocycles. The third kappa shape index (κ3) is 2.98. The summed E-state index contributed by atoms with van der Waals surface area (Å²) < 4.78 is 2.03. The quantitative estimate of drug-likeness (QED) is 0.734. The fourth-order valence-electron chi connectivity index (χ4n) is 1.77. The summed E-state index contributed by atoms with van der Waals surface area (Å²) >= 11 is 0. The number of rotatable bonds is 3. The van der Waals surface area contributed by atoms with Crippen LogP contribution in [0.5, 0.6) is 0 Å². The summed E-state index contributed by atoms with van der Waals surface area (Å²) in [5, 5.41) is 0. The lowest BCUT2D eigenvalue weighted by Gasteiger charge is -2.05. The highest BCUT2D eigenvalue weighted by molar-refractivity contribution is 5.69. The number of hydrogen-bond acceptors (Lipinski definition) is 1. The van der Waals surface area contributed by atoms with Crippen LogP contribution >= 0.6 is 0 Å². The Morgan fingerprint density at radius 3 is 2.44 bits per heavy atom. The Kier molecular flexibility index (Phi) is 3.78. The summed E-state index contributed by atoms with van der Waals surface area (Å²) in [5.41, 5.74) is 4.91. The molecule has 0 saturated heterocycles. The lowest BCUT2D eigenvalue weighted by Crippen LogP contribution is -1.92. The zero-order valence-electron chi connectivity index (χ0n) is 11.1. The zero-order valence-corrected chi connectivity index (χ0v) is 11.1. The molecule has 1 heterocycles. The van der Waals surface area contributed by atoms with Crippen molar-refractivity contribution in [3.05, 3.63) is 65.8 Å². The number of nitrogens with zero attached hydrogens (tertiary/aromatic N) is 2. The molecule has 2 heteroatoms. The first kappa shape index (κ1) is 12.4. The van der Waals surface area contributed by atoms with E-state index < -0.39 is 0 Å². The minimum absolute atomic E-state index is 1.16.